The van der Waals surface area contributed by atoms with Gasteiger partial charge >= 0.3 is 11.9 Å². The van der Waals surface area contributed by atoms with Gasteiger partial charge in [0.05, 0.1) is 19.8 Å². The van der Waals surface area contributed by atoms with E-state index in [0.717, 1.165) is 38.2 Å². The van der Waals surface area contributed by atoms with Crippen LogP contribution in [0.15, 0.2) is 12.3 Å². The molecule has 2 aliphatic heterocycles. The van der Waals surface area contributed by atoms with Crippen LogP contribution < -0.4 is 10.6 Å². The predicted molar refractivity (Wildman–Crippen MR) is 127 cm³/mol. The molecule has 1 saturated heterocycles. The Morgan fingerprint density at radius 1 is 1.16 bits per heavy atom. The molecule has 2 heterocycles. The van der Waals surface area contributed by atoms with Crippen LogP contribution in [0.2, 0.25) is 0 Å². The molecule has 184 valence electrons. The van der Waals surface area contributed by atoms with Gasteiger partial charge in [0, 0.05) is 12.6 Å². The van der Waals surface area contributed by atoms with Crippen molar-refractivity contribution in [2.45, 2.75) is 70.5 Å². The van der Waals surface area contributed by atoms with E-state index in [0.29, 0.717) is 25.0 Å². The molecule has 1 atom stereocenters. The summed E-state index contributed by atoms with van der Waals surface area (Å²) in [4.78, 5) is 28.4. The van der Waals surface area contributed by atoms with Gasteiger partial charge in [-0.15, -0.1) is 11.8 Å². The van der Waals surface area contributed by atoms with Crippen molar-refractivity contribution in [3.05, 3.63) is 12.3 Å². The molecule has 0 aromatic rings. The van der Waals surface area contributed by atoms with Gasteiger partial charge in [0.2, 0.25) is 0 Å². The lowest BCUT2D eigenvalue weighted by atomic mass is 9.94. The van der Waals surface area contributed by atoms with Crippen LogP contribution in [0.25, 0.3) is 0 Å². The smallest absolute Gasteiger partial charge is 0.350 e. The minimum atomic E-state index is -1.70. The molecule has 0 bridgehead atoms. The Hall–Kier alpha value is -1.29. The number of hydrogen-bond acceptors (Lipinski definition) is 9. The highest BCUT2D eigenvalue weighted by Crippen LogP contribution is 2.28. The Morgan fingerprint density at radius 3 is 2.34 bits per heavy atom. The molecule has 1 fully saturated rings. The van der Waals surface area contributed by atoms with Crippen LogP contribution in [-0.4, -0.2) is 79.2 Å². The molecule has 0 saturated carbocycles. The van der Waals surface area contributed by atoms with Crippen LogP contribution in [0.4, 0.5) is 0 Å². The lowest BCUT2D eigenvalue weighted by Gasteiger charge is -2.36. The Balaban J connectivity index is 2.01. The van der Waals surface area contributed by atoms with Gasteiger partial charge in [0.1, 0.15) is 5.50 Å². The second-order valence-electron chi connectivity index (χ2n) is 8.48. The number of carbonyl (C=O) groups is 2. The molecule has 0 spiro atoms. The monoisotopic (exact) mass is 471 g/mol. The van der Waals surface area contributed by atoms with Gasteiger partial charge in [0.25, 0.3) is 5.60 Å². The van der Waals surface area contributed by atoms with Gasteiger partial charge in [-0.05, 0) is 84.3 Å². The van der Waals surface area contributed by atoms with Gasteiger partial charge in [-0.1, -0.05) is 6.08 Å². The first kappa shape index (κ1) is 27.0. The highest BCUT2D eigenvalue weighted by atomic mass is 32.2. The first-order valence-electron chi connectivity index (χ1n) is 11.9. The van der Waals surface area contributed by atoms with Crippen molar-refractivity contribution in [2.75, 3.05) is 45.2 Å². The molecule has 0 radical (unpaired) electrons. The second-order valence-corrected chi connectivity index (χ2v) is 9.70. The third-order valence-electron chi connectivity index (χ3n) is 5.90. The van der Waals surface area contributed by atoms with Crippen molar-refractivity contribution in [2.24, 2.45) is 5.92 Å². The van der Waals surface area contributed by atoms with Crippen LogP contribution in [0.1, 0.15) is 53.4 Å². The largest absolute Gasteiger partial charge is 0.463 e. The molecule has 8 nitrogen and oxygen atoms in total. The SMILES string of the molecule is CCOC(=O)C(CCCSC1NC=CCN1)(OCC1CCN(C(C)C)CC1)C(=O)OCC. The zero-order chi connectivity index (χ0) is 23.4. The Labute approximate surface area is 197 Å². The van der Waals surface area contributed by atoms with E-state index in [-0.39, 0.29) is 25.1 Å². The van der Waals surface area contributed by atoms with Crippen molar-refractivity contribution >= 4 is 23.7 Å². The summed E-state index contributed by atoms with van der Waals surface area (Å²) in [6.07, 6.45) is 6.79. The van der Waals surface area contributed by atoms with E-state index in [1.54, 1.807) is 25.6 Å². The van der Waals surface area contributed by atoms with Crippen LogP contribution >= 0.6 is 11.8 Å². The topological polar surface area (TPSA) is 89.1 Å². The van der Waals surface area contributed by atoms with E-state index >= 15 is 0 Å². The fourth-order valence-electron chi connectivity index (χ4n) is 3.95. The first-order valence-corrected chi connectivity index (χ1v) is 13.0. The summed E-state index contributed by atoms with van der Waals surface area (Å²) < 4.78 is 16.8. The van der Waals surface area contributed by atoms with Gasteiger partial charge in [-0.25, -0.2) is 9.59 Å². The number of nitrogens with one attached hydrogen (secondary N) is 2. The van der Waals surface area contributed by atoms with Crippen molar-refractivity contribution < 1.29 is 23.8 Å². The number of likely N-dealkylation sites (tertiary alicyclic amines) is 1. The quantitative estimate of drug-likeness (QED) is 0.239. The minimum Gasteiger partial charge on any atom is -0.463 e. The number of esters is 2. The second kappa shape index (κ2) is 14.1. The Morgan fingerprint density at radius 2 is 1.81 bits per heavy atom. The molecule has 9 heteroatoms. The van der Waals surface area contributed by atoms with E-state index in [2.05, 4.69) is 29.4 Å². The van der Waals surface area contributed by atoms with Gasteiger partial charge < -0.3 is 24.4 Å². The number of thioether (sulfide) groups is 1. The highest BCUT2D eigenvalue weighted by Gasteiger charge is 2.50. The van der Waals surface area contributed by atoms with E-state index in [9.17, 15) is 9.59 Å². The first-order chi connectivity index (χ1) is 15.4. The van der Waals surface area contributed by atoms with Gasteiger partial charge in [0.15, 0.2) is 0 Å². The Kier molecular flexibility index (Phi) is 11.9. The molecular weight excluding hydrogens is 430 g/mol. The zero-order valence-corrected chi connectivity index (χ0v) is 20.9. The Bertz CT molecular complexity index is 590. The van der Waals surface area contributed by atoms with E-state index in [1.165, 1.54) is 0 Å². The third kappa shape index (κ3) is 7.93. The van der Waals surface area contributed by atoms with E-state index in [4.69, 9.17) is 14.2 Å². The number of nitrogens with zero attached hydrogens (tertiary/aromatic N) is 1. The molecule has 0 aliphatic carbocycles. The third-order valence-corrected chi connectivity index (χ3v) is 7.06. The number of hydrogen-bond donors (Lipinski definition) is 2. The summed E-state index contributed by atoms with van der Waals surface area (Å²) in [7, 11) is 0. The molecule has 0 aromatic heterocycles. The van der Waals surface area contributed by atoms with Crippen LogP contribution in [-0.2, 0) is 23.8 Å². The van der Waals surface area contributed by atoms with Crippen molar-refractivity contribution in [3.8, 4) is 0 Å². The van der Waals surface area contributed by atoms with Crippen LogP contribution in [0.5, 0.6) is 0 Å². The molecule has 0 aromatic carbocycles. The van der Waals surface area contributed by atoms with Gasteiger partial charge in [-0.2, -0.15) is 0 Å². The summed E-state index contributed by atoms with van der Waals surface area (Å²) in [6, 6.07) is 0.524. The minimum absolute atomic E-state index is 0.117. The van der Waals surface area contributed by atoms with Crippen molar-refractivity contribution in [3.63, 3.8) is 0 Å². The van der Waals surface area contributed by atoms with Gasteiger partial charge in [-0.3, -0.25) is 5.32 Å². The molecule has 32 heavy (non-hydrogen) atoms. The zero-order valence-electron chi connectivity index (χ0n) is 20.1. The van der Waals surface area contributed by atoms with Crippen LogP contribution in [0.3, 0.4) is 0 Å². The average Bonchev–Trinajstić information content (AvgIpc) is 2.80. The maximum atomic E-state index is 13.0. The maximum Gasteiger partial charge on any atom is 0.350 e. The summed E-state index contributed by atoms with van der Waals surface area (Å²) in [5.41, 5.74) is -1.58. The number of piperidine rings is 1. The predicted octanol–water partition coefficient (Wildman–Crippen LogP) is 2.49. The summed E-state index contributed by atoms with van der Waals surface area (Å²) in [5.74, 6) is -0.209. The fraction of sp³-hybridized carbons (Fsp3) is 0.826. The molecule has 2 aliphatic rings. The normalized spacial score (nSPS) is 20.2. The van der Waals surface area contributed by atoms with Crippen molar-refractivity contribution in [1.82, 2.24) is 15.5 Å². The molecule has 1 unspecified atom stereocenters. The fourth-order valence-corrected chi connectivity index (χ4v) is 4.88. The molecule has 2 N–H and O–H groups in total. The number of ether oxygens (including phenoxy) is 3. The average molecular weight is 472 g/mol. The van der Waals surface area contributed by atoms with Crippen molar-refractivity contribution in [1.29, 1.82) is 0 Å². The van der Waals surface area contributed by atoms with Crippen LogP contribution in [0, 0.1) is 5.92 Å². The number of carbonyl (C=O) groups excluding carboxylic acids is 2. The maximum absolute atomic E-state index is 13.0. The molecule has 0 amide bonds. The summed E-state index contributed by atoms with van der Waals surface area (Å²) in [6.45, 7) is 11.4. The lowest BCUT2D eigenvalue weighted by molar-refractivity contribution is -0.194. The summed E-state index contributed by atoms with van der Waals surface area (Å²) >= 11 is 1.70. The lowest BCUT2D eigenvalue weighted by Crippen LogP contribution is -2.52. The summed E-state index contributed by atoms with van der Waals surface area (Å²) in [5, 5.41) is 6.56. The molecular formula is C23H41N3O5S. The van der Waals surface area contributed by atoms with E-state index < -0.39 is 17.5 Å². The number of rotatable bonds is 13. The highest BCUT2D eigenvalue weighted by molar-refractivity contribution is 7.99. The standard InChI is InChI=1S/C23H41N3O5S/c1-5-29-20(27)23(21(28)30-6-2,11-7-16-32-22-24-12-8-13-25-22)31-17-19-9-14-26(15-10-19)18(3)4/h8,12,18-19,22,24-25H,5-7,9-11,13-17H2,1-4H3. The molecule has 2 rings (SSSR count). The van der Waals surface area contributed by atoms with E-state index in [1.807, 2.05) is 12.3 Å².